The second-order valence-electron chi connectivity index (χ2n) is 5.50. The second-order valence-corrected chi connectivity index (χ2v) is 5.50. The van der Waals surface area contributed by atoms with Crippen LogP contribution in [0.3, 0.4) is 0 Å². The third-order valence-electron chi connectivity index (χ3n) is 3.86. The molecule has 0 aromatic rings. The number of Topliss-reactive ketones (excluding diaryl/α,β-unsaturated/α-hetero) is 1. The number of rotatable bonds is 4. The van der Waals surface area contributed by atoms with E-state index in [9.17, 15) is 4.79 Å². The van der Waals surface area contributed by atoms with Crippen LogP contribution < -0.4 is 0 Å². The highest BCUT2D eigenvalue weighted by Crippen LogP contribution is 2.40. The molecule has 1 aliphatic rings. The Morgan fingerprint density at radius 1 is 1.53 bits per heavy atom. The van der Waals surface area contributed by atoms with E-state index in [0.717, 1.165) is 24.3 Å². The molecule has 0 aliphatic heterocycles. The van der Waals surface area contributed by atoms with E-state index in [1.165, 1.54) is 19.3 Å². The maximum absolute atomic E-state index is 11.2. The van der Waals surface area contributed by atoms with Crippen LogP contribution in [0, 0.1) is 11.3 Å². The van der Waals surface area contributed by atoms with Gasteiger partial charge in [-0.3, -0.25) is 4.79 Å². The Morgan fingerprint density at radius 3 is 2.60 bits per heavy atom. The molecule has 0 bridgehead atoms. The summed E-state index contributed by atoms with van der Waals surface area (Å²) in [6.45, 7) is 8.67. The van der Waals surface area contributed by atoms with Gasteiger partial charge in [0.1, 0.15) is 0 Å². The first-order valence-electron chi connectivity index (χ1n) is 6.17. The van der Waals surface area contributed by atoms with E-state index in [2.05, 4.69) is 26.8 Å². The van der Waals surface area contributed by atoms with Gasteiger partial charge in [-0.2, -0.15) is 0 Å². The van der Waals surface area contributed by atoms with Crippen LogP contribution in [0.5, 0.6) is 0 Å². The van der Waals surface area contributed by atoms with Gasteiger partial charge < -0.3 is 0 Å². The van der Waals surface area contributed by atoms with E-state index in [-0.39, 0.29) is 5.78 Å². The highest BCUT2D eigenvalue weighted by atomic mass is 16.1. The minimum atomic E-state index is 0.266. The zero-order valence-corrected chi connectivity index (χ0v) is 10.6. The number of carbonyl (C=O) groups is 1. The molecule has 1 unspecified atom stereocenters. The van der Waals surface area contributed by atoms with Crippen LogP contribution in [0.4, 0.5) is 0 Å². The van der Waals surface area contributed by atoms with Gasteiger partial charge in [-0.1, -0.05) is 33.3 Å². The molecule has 0 amide bonds. The summed E-state index contributed by atoms with van der Waals surface area (Å²) in [7, 11) is 0. The van der Waals surface area contributed by atoms with Crippen molar-refractivity contribution in [2.45, 2.75) is 59.8 Å². The lowest BCUT2D eigenvalue weighted by Gasteiger charge is -2.36. The first kappa shape index (κ1) is 12.5. The zero-order chi connectivity index (χ0) is 11.5. The molecule has 1 rings (SSSR count). The Bertz CT molecular complexity index is 261. The predicted molar refractivity (Wildman–Crippen MR) is 64.8 cm³/mol. The van der Waals surface area contributed by atoms with Gasteiger partial charge >= 0.3 is 0 Å². The van der Waals surface area contributed by atoms with E-state index in [1.54, 1.807) is 6.92 Å². The van der Waals surface area contributed by atoms with Crippen LogP contribution in [0.15, 0.2) is 11.6 Å². The van der Waals surface area contributed by atoms with E-state index >= 15 is 0 Å². The van der Waals surface area contributed by atoms with E-state index in [0.29, 0.717) is 5.41 Å². The molecule has 0 saturated carbocycles. The second kappa shape index (κ2) is 4.96. The molecule has 0 saturated heterocycles. The molecule has 15 heavy (non-hydrogen) atoms. The Balaban J connectivity index is 2.60. The summed E-state index contributed by atoms with van der Waals surface area (Å²) in [6.07, 6.45) is 8.01. The minimum Gasteiger partial charge on any atom is -0.295 e. The third kappa shape index (κ3) is 3.19. The van der Waals surface area contributed by atoms with Crippen molar-refractivity contribution in [3.8, 4) is 0 Å². The van der Waals surface area contributed by atoms with Crippen molar-refractivity contribution in [2.24, 2.45) is 11.3 Å². The Labute approximate surface area is 93.9 Å². The SMILES string of the molecule is CCCC(C)(C)C1CC=C(C(C)=O)CC1. The molecule has 0 radical (unpaired) electrons. The molecule has 0 N–H and O–H groups in total. The molecule has 0 fully saturated rings. The van der Waals surface area contributed by atoms with Crippen LogP contribution >= 0.6 is 0 Å². The van der Waals surface area contributed by atoms with Gasteiger partial charge in [0, 0.05) is 0 Å². The van der Waals surface area contributed by atoms with Gasteiger partial charge in [0.25, 0.3) is 0 Å². The monoisotopic (exact) mass is 208 g/mol. The summed E-state index contributed by atoms with van der Waals surface area (Å²) in [5.74, 6) is 1.03. The van der Waals surface area contributed by atoms with Crippen molar-refractivity contribution in [1.82, 2.24) is 0 Å². The van der Waals surface area contributed by atoms with E-state index in [4.69, 9.17) is 0 Å². The fourth-order valence-corrected chi connectivity index (χ4v) is 2.71. The fourth-order valence-electron chi connectivity index (χ4n) is 2.71. The van der Waals surface area contributed by atoms with Crippen molar-refractivity contribution in [2.75, 3.05) is 0 Å². The number of hydrogen-bond acceptors (Lipinski definition) is 1. The molecule has 1 atom stereocenters. The summed E-state index contributed by atoms with van der Waals surface area (Å²) in [4.78, 5) is 11.2. The molecule has 0 aromatic carbocycles. The lowest BCUT2D eigenvalue weighted by Crippen LogP contribution is -2.26. The molecular weight excluding hydrogens is 184 g/mol. The van der Waals surface area contributed by atoms with Crippen LogP contribution in [-0.2, 0) is 4.79 Å². The van der Waals surface area contributed by atoms with Gasteiger partial charge in [-0.25, -0.2) is 0 Å². The first-order chi connectivity index (χ1) is 6.97. The summed E-state index contributed by atoms with van der Waals surface area (Å²) < 4.78 is 0. The fraction of sp³-hybridized carbons (Fsp3) is 0.786. The van der Waals surface area contributed by atoms with Gasteiger partial charge in [0.15, 0.2) is 5.78 Å². The van der Waals surface area contributed by atoms with Crippen molar-refractivity contribution in [3.05, 3.63) is 11.6 Å². The molecule has 86 valence electrons. The van der Waals surface area contributed by atoms with Crippen LogP contribution in [0.1, 0.15) is 59.8 Å². The van der Waals surface area contributed by atoms with Crippen molar-refractivity contribution in [3.63, 3.8) is 0 Å². The highest BCUT2D eigenvalue weighted by molar-refractivity contribution is 5.93. The van der Waals surface area contributed by atoms with Gasteiger partial charge in [-0.05, 0) is 49.5 Å². The van der Waals surface area contributed by atoms with E-state index in [1.807, 2.05) is 0 Å². The zero-order valence-electron chi connectivity index (χ0n) is 10.6. The molecule has 0 aromatic heterocycles. The molecular formula is C14H24O. The van der Waals surface area contributed by atoms with Gasteiger partial charge in [0.05, 0.1) is 0 Å². The largest absolute Gasteiger partial charge is 0.295 e. The Morgan fingerprint density at radius 2 is 2.20 bits per heavy atom. The molecule has 0 heterocycles. The summed E-state index contributed by atoms with van der Waals surface area (Å²) in [6, 6.07) is 0. The van der Waals surface area contributed by atoms with Crippen LogP contribution in [0.2, 0.25) is 0 Å². The first-order valence-corrected chi connectivity index (χ1v) is 6.17. The Kier molecular flexibility index (Phi) is 4.12. The Hall–Kier alpha value is -0.590. The number of hydrogen-bond donors (Lipinski definition) is 0. The van der Waals surface area contributed by atoms with Crippen LogP contribution in [-0.4, -0.2) is 5.78 Å². The topological polar surface area (TPSA) is 17.1 Å². The maximum atomic E-state index is 11.2. The average molecular weight is 208 g/mol. The molecule has 1 nitrogen and oxygen atoms in total. The summed E-state index contributed by atoms with van der Waals surface area (Å²) in [5, 5.41) is 0. The molecule has 1 heteroatoms. The molecule has 1 aliphatic carbocycles. The standard InChI is InChI=1S/C14H24O/c1-5-10-14(3,4)13-8-6-12(7-9-13)11(2)15/h6,13H,5,7-10H2,1-4H3. The summed E-state index contributed by atoms with van der Waals surface area (Å²) >= 11 is 0. The van der Waals surface area contributed by atoms with Gasteiger partial charge in [-0.15, -0.1) is 0 Å². The van der Waals surface area contributed by atoms with Crippen LogP contribution in [0.25, 0.3) is 0 Å². The van der Waals surface area contributed by atoms with E-state index < -0.39 is 0 Å². The quantitative estimate of drug-likeness (QED) is 0.679. The smallest absolute Gasteiger partial charge is 0.155 e. The van der Waals surface area contributed by atoms with Crippen molar-refractivity contribution >= 4 is 5.78 Å². The lowest BCUT2D eigenvalue weighted by molar-refractivity contribution is -0.113. The summed E-state index contributed by atoms with van der Waals surface area (Å²) in [5.41, 5.74) is 1.49. The average Bonchev–Trinajstić information content (AvgIpc) is 2.18. The highest BCUT2D eigenvalue weighted by Gasteiger charge is 2.30. The molecule has 0 spiro atoms. The predicted octanol–water partition coefficient (Wildman–Crippen LogP) is 4.13. The normalized spacial score (nSPS) is 22.4. The van der Waals surface area contributed by atoms with Crippen molar-refractivity contribution < 1.29 is 4.79 Å². The number of allylic oxidation sites excluding steroid dienone is 2. The third-order valence-corrected chi connectivity index (χ3v) is 3.86. The van der Waals surface area contributed by atoms with Crippen molar-refractivity contribution in [1.29, 1.82) is 0 Å². The van der Waals surface area contributed by atoms with Gasteiger partial charge in [0.2, 0.25) is 0 Å². The number of ketones is 1. The number of carbonyl (C=O) groups excluding carboxylic acids is 1. The lowest BCUT2D eigenvalue weighted by atomic mass is 9.69. The maximum Gasteiger partial charge on any atom is 0.155 e. The minimum absolute atomic E-state index is 0.266.